The second-order valence-corrected chi connectivity index (χ2v) is 8.44. The Hall–Kier alpha value is -3.08. The Morgan fingerprint density at radius 1 is 1.12 bits per heavy atom. The Bertz CT molecular complexity index is 1030. The van der Waals surface area contributed by atoms with Crippen molar-refractivity contribution in [1.29, 1.82) is 0 Å². The molecule has 10 heteroatoms. The van der Waals surface area contributed by atoms with Gasteiger partial charge in [0.25, 0.3) is 5.91 Å². The van der Waals surface area contributed by atoms with Crippen LogP contribution in [0.3, 0.4) is 0 Å². The second-order valence-electron chi connectivity index (χ2n) is 8.08. The van der Waals surface area contributed by atoms with Gasteiger partial charge in [0.05, 0.1) is 32.4 Å². The van der Waals surface area contributed by atoms with Crippen LogP contribution in [0.2, 0.25) is 0 Å². The zero-order chi connectivity index (χ0) is 24.1. The van der Waals surface area contributed by atoms with Gasteiger partial charge >= 0.3 is 0 Å². The number of carbonyl (C=O) groups excluding carboxylic acids is 2. The number of ether oxygens (including phenoxy) is 2. The summed E-state index contributed by atoms with van der Waals surface area (Å²) in [5.74, 6) is -0.327. The van der Waals surface area contributed by atoms with Crippen LogP contribution < -0.4 is 15.0 Å². The van der Waals surface area contributed by atoms with Crippen LogP contribution in [0.4, 0.5) is 15.8 Å². The van der Waals surface area contributed by atoms with E-state index in [1.54, 1.807) is 36.3 Å². The normalized spacial score (nSPS) is 18.9. The molecule has 0 bridgehead atoms. The van der Waals surface area contributed by atoms with Crippen molar-refractivity contribution in [3.8, 4) is 5.75 Å². The van der Waals surface area contributed by atoms with E-state index in [1.807, 2.05) is 0 Å². The second kappa shape index (κ2) is 10.9. The Morgan fingerprint density at radius 3 is 2.44 bits per heavy atom. The Labute approximate surface area is 203 Å². The Balaban J connectivity index is 1.50. The summed E-state index contributed by atoms with van der Waals surface area (Å²) in [4.78, 5) is 31.7. The molecule has 0 aromatic heterocycles. The number of carbonyl (C=O) groups is 2. The summed E-state index contributed by atoms with van der Waals surface area (Å²) in [5, 5.41) is 3.14. The minimum Gasteiger partial charge on any atom is -0.497 e. The first-order valence-electron chi connectivity index (χ1n) is 11.1. The lowest BCUT2D eigenvalue weighted by Crippen LogP contribution is -2.45. The van der Waals surface area contributed by atoms with Crippen molar-refractivity contribution in [2.45, 2.75) is 12.5 Å². The highest BCUT2D eigenvalue weighted by Crippen LogP contribution is 2.28. The number of nitrogens with one attached hydrogen (secondary N) is 1. The molecule has 8 nitrogen and oxygen atoms in total. The lowest BCUT2D eigenvalue weighted by atomic mass is 10.1. The Kier molecular flexibility index (Phi) is 7.71. The summed E-state index contributed by atoms with van der Waals surface area (Å²) in [6.45, 7) is 4.11. The minimum atomic E-state index is -0.753. The molecule has 0 unspecified atom stereocenters. The molecule has 2 saturated heterocycles. The van der Waals surface area contributed by atoms with E-state index in [2.05, 4.69) is 10.2 Å². The molecular formula is C24H27FN4O4S. The molecule has 0 radical (unpaired) electrons. The van der Waals surface area contributed by atoms with Crippen molar-refractivity contribution in [2.75, 3.05) is 56.7 Å². The van der Waals surface area contributed by atoms with Gasteiger partial charge in [-0.15, -0.1) is 0 Å². The van der Waals surface area contributed by atoms with Crippen molar-refractivity contribution in [3.05, 3.63) is 54.3 Å². The summed E-state index contributed by atoms with van der Waals surface area (Å²) in [6.07, 6.45) is -0.0637. The number of nitrogens with zero attached hydrogens (tertiary/aromatic N) is 3. The van der Waals surface area contributed by atoms with Crippen LogP contribution in [-0.4, -0.2) is 79.3 Å². The highest BCUT2D eigenvalue weighted by Gasteiger charge is 2.44. The number of thiocarbonyl (C=S) groups is 1. The number of anilines is 2. The van der Waals surface area contributed by atoms with Gasteiger partial charge in [-0.05, 0) is 60.7 Å². The Morgan fingerprint density at radius 2 is 1.79 bits per heavy atom. The van der Waals surface area contributed by atoms with E-state index in [-0.39, 0.29) is 18.2 Å². The number of methoxy groups -OCH3 is 1. The van der Waals surface area contributed by atoms with Crippen LogP contribution in [0, 0.1) is 5.82 Å². The fraction of sp³-hybridized carbons (Fsp3) is 0.375. The molecular weight excluding hydrogens is 459 g/mol. The van der Waals surface area contributed by atoms with Gasteiger partial charge in [-0.25, -0.2) is 4.39 Å². The number of hydrogen-bond acceptors (Lipinski definition) is 6. The number of benzene rings is 2. The zero-order valence-electron chi connectivity index (χ0n) is 18.9. The predicted molar refractivity (Wildman–Crippen MR) is 130 cm³/mol. The molecule has 2 heterocycles. The molecule has 1 N–H and O–H groups in total. The highest BCUT2D eigenvalue weighted by molar-refractivity contribution is 7.80. The van der Waals surface area contributed by atoms with E-state index in [9.17, 15) is 14.0 Å². The van der Waals surface area contributed by atoms with Gasteiger partial charge in [0, 0.05) is 31.9 Å². The molecule has 2 aromatic carbocycles. The van der Waals surface area contributed by atoms with Crippen LogP contribution in [0.25, 0.3) is 0 Å². The molecule has 4 rings (SSSR count). The maximum atomic E-state index is 13.5. The molecule has 1 atom stereocenters. The van der Waals surface area contributed by atoms with Crippen molar-refractivity contribution < 1.29 is 23.5 Å². The van der Waals surface area contributed by atoms with Crippen molar-refractivity contribution in [1.82, 2.24) is 9.80 Å². The lowest BCUT2D eigenvalue weighted by Gasteiger charge is -2.30. The van der Waals surface area contributed by atoms with Crippen LogP contribution in [-0.2, 0) is 14.3 Å². The molecule has 180 valence electrons. The van der Waals surface area contributed by atoms with Gasteiger partial charge in [-0.2, -0.15) is 0 Å². The maximum absolute atomic E-state index is 13.5. The van der Waals surface area contributed by atoms with Gasteiger partial charge in [0.1, 0.15) is 17.6 Å². The molecule has 2 fully saturated rings. The molecule has 2 aliphatic rings. The fourth-order valence-corrected chi connectivity index (χ4v) is 4.47. The van der Waals surface area contributed by atoms with E-state index in [0.717, 1.165) is 13.1 Å². The average molecular weight is 487 g/mol. The van der Waals surface area contributed by atoms with Crippen LogP contribution in [0.15, 0.2) is 48.5 Å². The summed E-state index contributed by atoms with van der Waals surface area (Å²) < 4.78 is 24.0. The summed E-state index contributed by atoms with van der Waals surface area (Å²) in [5.41, 5.74) is 1.08. The summed E-state index contributed by atoms with van der Waals surface area (Å²) in [6, 6.07) is 11.8. The van der Waals surface area contributed by atoms with Crippen molar-refractivity contribution in [3.63, 3.8) is 0 Å². The molecule has 34 heavy (non-hydrogen) atoms. The standard InChI is InChI=1S/C24H27FN4O4S/c1-32-20-8-4-18(5-9-20)26-22(30)16-21-23(31)29(19-6-2-17(25)3-7-19)24(34)28(21)11-10-27-12-14-33-15-13-27/h2-9,21H,10-16H2,1H3,(H,26,30)/t21-/m1/s1. The third-order valence-corrected chi connectivity index (χ3v) is 6.33. The van der Waals surface area contributed by atoms with Gasteiger partial charge < -0.3 is 19.7 Å². The van der Waals surface area contributed by atoms with E-state index >= 15 is 0 Å². The molecule has 2 amide bonds. The van der Waals surface area contributed by atoms with Gasteiger partial charge in [0.2, 0.25) is 5.91 Å². The minimum absolute atomic E-state index is 0.0637. The summed E-state index contributed by atoms with van der Waals surface area (Å²) >= 11 is 5.66. The number of amides is 2. The van der Waals surface area contributed by atoms with Crippen LogP contribution >= 0.6 is 12.2 Å². The van der Waals surface area contributed by atoms with Crippen LogP contribution in [0.5, 0.6) is 5.75 Å². The number of hydrogen-bond donors (Lipinski definition) is 1. The first-order chi connectivity index (χ1) is 16.5. The van der Waals surface area contributed by atoms with Gasteiger partial charge in [-0.1, -0.05) is 0 Å². The quantitative estimate of drug-likeness (QED) is 0.575. The van der Waals surface area contributed by atoms with Gasteiger partial charge in [0.15, 0.2) is 5.11 Å². The zero-order valence-corrected chi connectivity index (χ0v) is 19.7. The number of rotatable bonds is 8. The summed E-state index contributed by atoms with van der Waals surface area (Å²) in [7, 11) is 1.57. The third kappa shape index (κ3) is 5.52. The maximum Gasteiger partial charge on any atom is 0.256 e. The SMILES string of the molecule is COc1ccc(NC(=O)C[C@@H]2C(=O)N(c3ccc(F)cc3)C(=S)N2CCN2CCOCC2)cc1. The highest BCUT2D eigenvalue weighted by atomic mass is 32.1. The fourth-order valence-electron chi connectivity index (χ4n) is 4.05. The smallest absolute Gasteiger partial charge is 0.256 e. The molecule has 0 spiro atoms. The van der Waals surface area contributed by atoms with E-state index in [1.165, 1.54) is 29.2 Å². The van der Waals surface area contributed by atoms with E-state index in [4.69, 9.17) is 21.7 Å². The average Bonchev–Trinajstić information content (AvgIpc) is 3.08. The topological polar surface area (TPSA) is 74.4 Å². The molecule has 2 aromatic rings. The molecule has 0 aliphatic carbocycles. The molecule has 2 aliphatic heterocycles. The predicted octanol–water partition coefficient (Wildman–Crippen LogP) is 2.50. The third-order valence-electron chi connectivity index (χ3n) is 5.92. The van der Waals surface area contributed by atoms with Crippen LogP contribution in [0.1, 0.15) is 6.42 Å². The van der Waals surface area contributed by atoms with E-state index in [0.29, 0.717) is 48.5 Å². The lowest BCUT2D eigenvalue weighted by molar-refractivity contribution is -0.124. The molecule has 0 saturated carbocycles. The largest absolute Gasteiger partial charge is 0.497 e. The van der Waals surface area contributed by atoms with Crippen molar-refractivity contribution in [2.24, 2.45) is 0 Å². The van der Waals surface area contributed by atoms with E-state index < -0.39 is 11.9 Å². The number of halogens is 1. The first-order valence-corrected chi connectivity index (χ1v) is 11.5. The van der Waals surface area contributed by atoms with Gasteiger partial charge in [-0.3, -0.25) is 19.4 Å². The monoisotopic (exact) mass is 486 g/mol. The number of morpholine rings is 1. The van der Waals surface area contributed by atoms with Crippen molar-refractivity contribution >= 4 is 40.5 Å². The first kappa shape index (κ1) is 24.1.